The van der Waals surface area contributed by atoms with Gasteiger partial charge in [-0.3, -0.25) is 4.79 Å². The largest absolute Gasteiger partial charge is 0.496 e. The number of methoxy groups -OCH3 is 2. The van der Waals surface area contributed by atoms with Gasteiger partial charge in [0.05, 0.1) is 13.7 Å². The van der Waals surface area contributed by atoms with Crippen molar-refractivity contribution in [3.63, 3.8) is 0 Å². The van der Waals surface area contributed by atoms with Gasteiger partial charge >= 0.3 is 0 Å². The van der Waals surface area contributed by atoms with Gasteiger partial charge in [0.2, 0.25) is 5.91 Å². The Morgan fingerprint density at radius 2 is 2.05 bits per heavy atom. The molecule has 1 rings (SSSR count). The van der Waals surface area contributed by atoms with Crippen molar-refractivity contribution in [2.75, 3.05) is 33.9 Å². The number of carbonyl (C=O) groups is 1. The summed E-state index contributed by atoms with van der Waals surface area (Å²) >= 11 is 0. The molecule has 4 heteroatoms. The van der Waals surface area contributed by atoms with E-state index >= 15 is 0 Å². The Morgan fingerprint density at radius 3 is 2.64 bits per heavy atom. The van der Waals surface area contributed by atoms with Crippen LogP contribution < -0.4 is 4.74 Å². The van der Waals surface area contributed by atoms with Gasteiger partial charge in [0, 0.05) is 31.8 Å². The molecule has 0 aromatic heterocycles. The third-order valence-corrected chi connectivity index (χ3v) is 3.25. The van der Waals surface area contributed by atoms with Crippen LogP contribution in [0.1, 0.15) is 25.0 Å². The predicted octanol–water partition coefficient (Wildman–Crippen LogP) is 3.15. The molecule has 1 aromatic rings. The van der Waals surface area contributed by atoms with Crippen molar-refractivity contribution in [3.05, 3.63) is 35.4 Å². The fourth-order valence-corrected chi connectivity index (χ4v) is 2.18. The van der Waals surface area contributed by atoms with E-state index in [1.54, 1.807) is 20.3 Å². The van der Waals surface area contributed by atoms with E-state index in [4.69, 9.17) is 9.47 Å². The number of carbonyl (C=O) groups excluding carboxylic acids is 1. The number of hydrogen-bond acceptors (Lipinski definition) is 3. The number of benzene rings is 1. The third kappa shape index (κ3) is 5.90. The summed E-state index contributed by atoms with van der Waals surface area (Å²) in [5.74, 6) is 1.18. The van der Waals surface area contributed by atoms with Crippen molar-refractivity contribution in [1.82, 2.24) is 4.90 Å². The monoisotopic (exact) mass is 305 g/mol. The summed E-state index contributed by atoms with van der Waals surface area (Å²) in [6.07, 6.45) is 3.42. The SMILES string of the molecule is COCCN(CC(C)C)C(=O)/C=C/c1cc(C)ccc1OC. The van der Waals surface area contributed by atoms with Crippen molar-refractivity contribution in [3.8, 4) is 5.75 Å². The molecule has 0 radical (unpaired) electrons. The Balaban J connectivity index is 2.85. The molecule has 1 amide bonds. The highest BCUT2D eigenvalue weighted by molar-refractivity contribution is 5.92. The first-order chi connectivity index (χ1) is 10.5. The van der Waals surface area contributed by atoms with Crippen LogP contribution in [0.4, 0.5) is 0 Å². The minimum Gasteiger partial charge on any atom is -0.496 e. The predicted molar refractivity (Wildman–Crippen MR) is 90.1 cm³/mol. The maximum absolute atomic E-state index is 12.4. The number of rotatable bonds is 8. The number of ether oxygens (including phenoxy) is 2. The van der Waals surface area contributed by atoms with Crippen LogP contribution in [0.2, 0.25) is 0 Å². The van der Waals surface area contributed by atoms with Gasteiger partial charge in [0.1, 0.15) is 5.75 Å². The van der Waals surface area contributed by atoms with Crippen molar-refractivity contribution in [2.24, 2.45) is 5.92 Å². The first-order valence-corrected chi connectivity index (χ1v) is 7.58. The molecule has 0 N–H and O–H groups in total. The lowest BCUT2D eigenvalue weighted by Gasteiger charge is -2.22. The lowest BCUT2D eigenvalue weighted by atomic mass is 10.1. The number of hydrogen-bond donors (Lipinski definition) is 0. The van der Waals surface area contributed by atoms with Gasteiger partial charge in [0.15, 0.2) is 0 Å². The second-order valence-corrected chi connectivity index (χ2v) is 5.75. The Kier molecular flexibility index (Phi) is 7.67. The first kappa shape index (κ1) is 18.2. The average Bonchev–Trinajstić information content (AvgIpc) is 2.48. The zero-order chi connectivity index (χ0) is 16.5. The Hall–Kier alpha value is -1.81. The van der Waals surface area contributed by atoms with Crippen LogP contribution in [0.25, 0.3) is 6.08 Å². The van der Waals surface area contributed by atoms with Gasteiger partial charge in [-0.1, -0.05) is 25.5 Å². The summed E-state index contributed by atoms with van der Waals surface area (Å²) in [6, 6.07) is 5.91. The Bertz CT molecular complexity index is 509. The van der Waals surface area contributed by atoms with Crippen LogP contribution in [-0.4, -0.2) is 44.7 Å². The topological polar surface area (TPSA) is 38.8 Å². The molecule has 0 fully saturated rings. The highest BCUT2D eigenvalue weighted by Gasteiger charge is 2.12. The fraction of sp³-hybridized carbons (Fsp3) is 0.500. The quantitative estimate of drug-likeness (QED) is 0.693. The van der Waals surface area contributed by atoms with Gasteiger partial charge in [0.25, 0.3) is 0 Å². The minimum atomic E-state index is -0.00527. The van der Waals surface area contributed by atoms with E-state index in [9.17, 15) is 4.79 Å². The summed E-state index contributed by atoms with van der Waals surface area (Å²) in [7, 11) is 3.28. The van der Waals surface area contributed by atoms with E-state index in [-0.39, 0.29) is 5.91 Å². The molecule has 0 spiro atoms. The molecular formula is C18H27NO3. The summed E-state index contributed by atoms with van der Waals surface area (Å²) in [5.41, 5.74) is 2.04. The van der Waals surface area contributed by atoms with Gasteiger partial charge in [-0.2, -0.15) is 0 Å². The van der Waals surface area contributed by atoms with E-state index in [1.807, 2.05) is 36.1 Å². The maximum atomic E-state index is 12.4. The van der Waals surface area contributed by atoms with Crippen LogP contribution in [-0.2, 0) is 9.53 Å². The molecule has 0 aliphatic rings. The average molecular weight is 305 g/mol. The lowest BCUT2D eigenvalue weighted by Crippen LogP contribution is -2.35. The maximum Gasteiger partial charge on any atom is 0.246 e. The molecule has 1 aromatic carbocycles. The molecule has 0 aliphatic carbocycles. The third-order valence-electron chi connectivity index (χ3n) is 3.25. The molecule has 4 nitrogen and oxygen atoms in total. The first-order valence-electron chi connectivity index (χ1n) is 7.58. The van der Waals surface area contributed by atoms with Crippen molar-refractivity contribution >= 4 is 12.0 Å². The van der Waals surface area contributed by atoms with Crippen molar-refractivity contribution in [1.29, 1.82) is 0 Å². The summed E-state index contributed by atoms with van der Waals surface area (Å²) < 4.78 is 10.4. The summed E-state index contributed by atoms with van der Waals surface area (Å²) in [4.78, 5) is 14.2. The molecule has 122 valence electrons. The number of nitrogens with zero attached hydrogens (tertiary/aromatic N) is 1. The number of aryl methyl sites for hydroxylation is 1. The molecule has 0 saturated heterocycles. The van der Waals surface area contributed by atoms with Crippen LogP contribution in [0.15, 0.2) is 24.3 Å². The molecule has 0 heterocycles. The highest BCUT2D eigenvalue weighted by Crippen LogP contribution is 2.21. The standard InChI is InChI=1S/C18H27NO3/c1-14(2)13-19(10-11-21-4)18(20)9-7-16-12-15(3)6-8-17(16)22-5/h6-9,12,14H,10-11,13H2,1-5H3/b9-7+. The van der Waals surface area contributed by atoms with Crippen LogP contribution in [0.3, 0.4) is 0 Å². The summed E-state index contributed by atoms with van der Waals surface area (Å²) in [5, 5.41) is 0. The molecule has 0 atom stereocenters. The zero-order valence-corrected chi connectivity index (χ0v) is 14.3. The molecular weight excluding hydrogens is 278 g/mol. The van der Waals surface area contributed by atoms with Gasteiger partial charge in [-0.25, -0.2) is 0 Å². The Morgan fingerprint density at radius 1 is 1.32 bits per heavy atom. The van der Waals surface area contributed by atoms with E-state index in [1.165, 1.54) is 0 Å². The van der Waals surface area contributed by atoms with Gasteiger partial charge in [-0.05, 0) is 31.1 Å². The molecule has 0 saturated carbocycles. The number of amides is 1. The smallest absolute Gasteiger partial charge is 0.246 e. The van der Waals surface area contributed by atoms with Gasteiger partial charge in [-0.15, -0.1) is 0 Å². The van der Waals surface area contributed by atoms with Gasteiger partial charge < -0.3 is 14.4 Å². The zero-order valence-electron chi connectivity index (χ0n) is 14.3. The minimum absolute atomic E-state index is 0.00527. The summed E-state index contributed by atoms with van der Waals surface area (Å²) in [6.45, 7) is 8.07. The molecule has 0 bridgehead atoms. The van der Waals surface area contributed by atoms with Crippen LogP contribution >= 0.6 is 0 Å². The second-order valence-electron chi connectivity index (χ2n) is 5.75. The Labute approximate surface area is 133 Å². The highest BCUT2D eigenvalue weighted by atomic mass is 16.5. The fourth-order valence-electron chi connectivity index (χ4n) is 2.18. The van der Waals surface area contributed by atoms with Crippen molar-refractivity contribution in [2.45, 2.75) is 20.8 Å². The van der Waals surface area contributed by atoms with Crippen LogP contribution in [0.5, 0.6) is 5.75 Å². The van der Waals surface area contributed by atoms with E-state index in [0.717, 1.165) is 23.4 Å². The molecule has 22 heavy (non-hydrogen) atoms. The molecule has 0 unspecified atom stereocenters. The lowest BCUT2D eigenvalue weighted by molar-refractivity contribution is -0.127. The van der Waals surface area contributed by atoms with E-state index in [2.05, 4.69) is 13.8 Å². The van der Waals surface area contributed by atoms with Crippen LogP contribution in [0, 0.1) is 12.8 Å². The normalized spacial score (nSPS) is 11.2. The molecule has 0 aliphatic heterocycles. The van der Waals surface area contributed by atoms with E-state index < -0.39 is 0 Å². The van der Waals surface area contributed by atoms with Crippen molar-refractivity contribution < 1.29 is 14.3 Å². The van der Waals surface area contributed by atoms with E-state index in [0.29, 0.717) is 19.1 Å². The second kappa shape index (κ2) is 9.26.